The highest BCUT2D eigenvalue weighted by molar-refractivity contribution is 7.92. The van der Waals surface area contributed by atoms with Crippen LogP contribution in [-0.4, -0.2) is 39.7 Å². The zero-order valence-electron chi connectivity index (χ0n) is 20.2. The van der Waals surface area contributed by atoms with Gasteiger partial charge in [-0.2, -0.15) is 0 Å². The first-order chi connectivity index (χ1) is 17.0. The van der Waals surface area contributed by atoms with Crippen LogP contribution in [0.5, 0.6) is 0 Å². The number of nitrogens with zero attached hydrogens (tertiary/aromatic N) is 3. The molecule has 9 heteroatoms. The molecule has 1 heterocycles. The van der Waals surface area contributed by atoms with Crippen molar-refractivity contribution in [1.82, 2.24) is 15.0 Å². The van der Waals surface area contributed by atoms with Crippen molar-refractivity contribution in [3.63, 3.8) is 0 Å². The quantitative estimate of drug-likeness (QED) is 0.402. The number of aliphatic carboxylic acids is 1. The predicted molar refractivity (Wildman–Crippen MR) is 138 cm³/mol. The maximum Gasteiger partial charge on any atom is 0.322 e. The molecule has 0 aliphatic heterocycles. The van der Waals surface area contributed by atoms with Crippen molar-refractivity contribution >= 4 is 26.7 Å². The molecule has 36 heavy (non-hydrogen) atoms. The molecule has 186 valence electrons. The number of carboxylic acids is 1. The Balaban J connectivity index is 1.56. The summed E-state index contributed by atoms with van der Waals surface area (Å²) in [5.41, 5.74) is 2.91. The molecule has 1 unspecified atom stereocenters. The molecule has 0 fully saturated rings. The lowest BCUT2D eigenvalue weighted by molar-refractivity contribution is -0.136. The van der Waals surface area contributed by atoms with Crippen LogP contribution in [0.15, 0.2) is 82.5 Å². The summed E-state index contributed by atoms with van der Waals surface area (Å²) in [6.45, 7) is 6.18. The van der Waals surface area contributed by atoms with Crippen LogP contribution in [0.1, 0.15) is 32.8 Å². The lowest BCUT2D eigenvalue weighted by Gasteiger charge is -2.19. The normalized spacial score (nSPS) is 13.0. The molecule has 0 spiro atoms. The highest BCUT2D eigenvalue weighted by atomic mass is 32.2. The van der Waals surface area contributed by atoms with E-state index in [2.05, 4.69) is 31.1 Å². The fraction of sp³-hybridized carbons (Fsp3) is 0.259. The number of carbonyl (C=O) groups is 1. The Kier molecular flexibility index (Phi) is 6.77. The van der Waals surface area contributed by atoms with E-state index in [1.165, 1.54) is 17.7 Å². The van der Waals surface area contributed by atoms with Crippen molar-refractivity contribution in [2.75, 3.05) is 0 Å². The molecule has 0 aliphatic carbocycles. The Hall–Kier alpha value is -3.85. The molecular weight excluding hydrogens is 478 g/mol. The first kappa shape index (κ1) is 25.2. The first-order valence-corrected chi connectivity index (χ1v) is 13.0. The van der Waals surface area contributed by atoms with Crippen LogP contribution in [0.3, 0.4) is 0 Å². The van der Waals surface area contributed by atoms with E-state index in [4.69, 9.17) is 0 Å². The summed E-state index contributed by atoms with van der Waals surface area (Å²) in [6.07, 6.45) is -0.333. The Morgan fingerprint density at radius 1 is 0.944 bits per heavy atom. The number of hydrogen-bond acceptors (Lipinski definition) is 6. The zero-order chi connectivity index (χ0) is 26.1. The topological polar surface area (TPSA) is 119 Å². The molecule has 8 nitrogen and oxygen atoms in total. The number of sulfone groups is 1. The summed E-state index contributed by atoms with van der Waals surface area (Å²) in [7, 11) is -4.21. The summed E-state index contributed by atoms with van der Waals surface area (Å²) in [5.74, 6) is -1.49. The van der Waals surface area contributed by atoms with Gasteiger partial charge in [0.05, 0.1) is 10.3 Å². The van der Waals surface area contributed by atoms with E-state index in [0.717, 1.165) is 15.8 Å². The molecule has 0 bridgehead atoms. The third-order valence-electron chi connectivity index (χ3n) is 6.15. The molecule has 0 aliphatic rings. The van der Waals surface area contributed by atoms with Gasteiger partial charge < -0.3 is 5.11 Å². The summed E-state index contributed by atoms with van der Waals surface area (Å²) in [6, 6.07) is 20.8. The standard InChI is InChI=1S/C27H27N3O5S/c1-27(2,3)20-12-8-18(9-13-20)19-10-14-21(15-11-19)36(34,35)24(26(32)33)16-17-30-25(31)22-6-4-5-7-23(22)28-29-30/h4-15,24H,16-17H2,1-3H3,(H,32,33). The van der Waals surface area contributed by atoms with E-state index in [1.54, 1.807) is 36.4 Å². The van der Waals surface area contributed by atoms with Crippen molar-refractivity contribution < 1.29 is 18.3 Å². The van der Waals surface area contributed by atoms with E-state index in [9.17, 15) is 23.1 Å². The third-order valence-corrected chi connectivity index (χ3v) is 8.27. The van der Waals surface area contributed by atoms with Crippen molar-refractivity contribution in [2.45, 2.75) is 49.3 Å². The van der Waals surface area contributed by atoms with E-state index in [1.807, 2.05) is 24.3 Å². The van der Waals surface area contributed by atoms with Crippen molar-refractivity contribution in [1.29, 1.82) is 0 Å². The third kappa shape index (κ3) is 5.06. The molecule has 0 saturated heterocycles. The van der Waals surface area contributed by atoms with Crippen LogP contribution in [0.2, 0.25) is 0 Å². The average Bonchev–Trinajstić information content (AvgIpc) is 2.85. The van der Waals surface area contributed by atoms with Gasteiger partial charge in [0.25, 0.3) is 5.56 Å². The molecule has 0 saturated carbocycles. The maximum absolute atomic E-state index is 13.2. The highest BCUT2D eigenvalue weighted by Gasteiger charge is 2.34. The number of benzene rings is 3. The number of hydrogen-bond donors (Lipinski definition) is 1. The van der Waals surface area contributed by atoms with Gasteiger partial charge in [-0.15, -0.1) is 5.10 Å². The van der Waals surface area contributed by atoms with Gasteiger partial charge in [-0.05, 0) is 52.8 Å². The minimum atomic E-state index is -4.21. The van der Waals surface area contributed by atoms with Crippen LogP contribution in [0, 0.1) is 0 Å². The number of rotatable bonds is 7. The Morgan fingerprint density at radius 3 is 2.11 bits per heavy atom. The molecule has 0 amide bonds. The summed E-state index contributed by atoms with van der Waals surface area (Å²) < 4.78 is 27.4. The molecule has 1 atom stereocenters. The van der Waals surface area contributed by atoms with Crippen LogP contribution < -0.4 is 5.56 Å². The molecule has 1 aromatic heterocycles. The summed E-state index contributed by atoms with van der Waals surface area (Å²) in [5, 5.41) is 16.1. The zero-order valence-corrected chi connectivity index (χ0v) is 21.1. The van der Waals surface area contributed by atoms with E-state index in [0.29, 0.717) is 10.9 Å². The Labute approximate surface area is 209 Å². The fourth-order valence-corrected chi connectivity index (χ4v) is 5.51. The van der Waals surface area contributed by atoms with Gasteiger partial charge in [-0.3, -0.25) is 9.59 Å². The molecule has 4 aromatic rings. The van der Waals surface area contributed by atoms with E-state index in [-0.39, 0.29) is 23.3 Å². The predicted octanol–water partition coefficient (Wildman–Crippen LogP) is 4.07. The van der Waals surface area contributed by atoms with Crippen molar-refractivity contribution in [3.8, 4) is 11.1 Å². The Bertz CT molecular complexity index is 1570. The molecule has 0 radical (unpaired) electrons. The summed E-state index contributed by atoms with van der Waals surface area (Å²) in [4.78, 5) is 24.5. The molecular formula is C27H27N3O5S. The maximum atomic E-state index is 13.2. The molecule has 1 N–H and O–H groups in total. The number of fused-ring (bicyclic) bond motifs is 1. The van der Waals surface area contributed by atoms with Gasteiger partial charge in [0.15, 0.2) is 15.1 Å². The number of carboxylic acid groups (broad SMARTS) is 1. The van der Waals surface area contributed by atoms with Gasteiger partial charge >= 0.3 is 5.97 Å². The lowest BCUT2D eigenvalue weighted by atomic mass is 9.86. The monoisotopic (exact) mass is 505 g/mol. The number of aromatic nitrogens is 3. The first-order valence-electron chi connectivity index (χ1n) is 11.5. The second-order valence-electron chi connectivity index (χ2n) is 9.65. The largest absolute Gasteiger partial charge is 0.480 e. The second kappa shape index (κ2) is 9.66. The van der Waals surface area contributed by atoms with Gasteiger partial charge in [0.2, 0.25) is 0 Å². The second-order valence-corrected chi connectivity index (χ2v) is 11.8. The Morgan fingerprint density at radius 2 is 1.53 bits per heavy atom. The lowest BCUT2D eigenvalue weighted by Crippen LogP contribution is -2.34. The fourth-order valence-electron chi connectivity index (χ4n) is 3.98. The average molecular weight is 506 g/mol. The smallest absolute Gasteiger partial charge is 0.322 e. The van der Waals surface area contributed by atoms with Gasteiger partial charge in [0, 0.05) is 6.54 Å². The van der Waals surface area contributed by atoms with Gasteiger partial charge in [-0.25, -0.2) is 13.1 Å². The van der Waals surface area contributed by atoms with E-state index >= 15 is 0 Å². The van der Waals surface area contributed by atoms with Crippen LogP contribution in [-0.2, 0) is 26.6 Å². The van der Waals surface area contributed by atoms with Gasteiger partial charge in [0.1, 0.15) is 5.52 Å². The van der Waals surface area contributed by atoms with Crippen LogP contribution >= 0.6 is 0 Å². The SMILES string of the molecule is CC(C)(C)c1ccc(-c2ccc(S(=O)(=O)C(CCn3nnc4ccccc4c3=O)C(=O)O)cc2)cc1. The summed E-state index contributed by atoms with van der Waals surface area (Å²) >= 11 is 0. The van der Waals surface area contributed by atoms with Gasteiger partial charge in [-0.1, -0.05) is 74.5 Å². The minimum absolute atomic E-state index is 0.0197. The minimum Gasteiger partial charge on any atom is -0.480 e. The van der Waals surface area contributed by atoms with E-state index < -0.39 is 26.6 Å². The van der Waals surface area contributed by atoms with Crippen LogP contribution in [0.4, 0.5) is 0 Å². The number of aryl methyl sites for hydroxylation is 1. The van der Waals surface area contributed by atoms with Crippen molar-refractivity contribution in [2.24, 2.45) is 0 Å². The van der Waals surface area contributed by atoms with Crippen molar-refractivity contribution in [3.05, 3.63) is 88.7 Å². The highest BCUT2D eigenvalue weighted by Crippen LogP contribution is 2.28. The molecule has 4 rings (SSSR count). The van der Waals surface area contributed by atoms with Crippen LogP contribution in [0.25, 0.3) is 22.0 Å². The molecule has 3 aromatic carbocycles.